The lowest BCUT2D eigenvalue weighted by Crippen LogP contribution is -2.41. The van der Waals surface area contributed by atoms with Crippen LogP contribution in [0.4, 0.5) is 4.39 Å². The van der Waals surface area contributed by atoms with Crippen molar-refractivity contribution in [3.8, 4) is 11.4 Å². The highest BCUT2D eigenvalue weighted by atomic mass is 19.1. The number of carbonyl (C=O) groups is 1. The fourth-order valence-electron chi connectivity index (χ4n) is 3.88. The molecular formula is C23H22FN3O3. The van der Waals surface area contributed by atoms with Crippen molar-refractivity contribution in [3.05, 3.63) is 87.6 Å². The third-order valence-corrected chi connectivity index (χ3v) is 5.54. The van der Waals surface area contributed by atoms with Crippen molar-refractivity contribution in [2.24, 2.45) is 0 Å². The van der Waals surface area contributed by atoms with Crippen molar-refractivity contribution in [2.75, 3.05) is 13.1 Å². The van der Waals surface area contributed by atoms with Crippen LogP contribution in [0.5, 0.6) is 5.75 Å². The summed E-state index contributed by atoms with van der Waals surface area (Å²) in [4.78, 5) is 27.1. The maximum Gasteiger partial charge on any atom is 0.278 e. The quantitative estimate of drug-likeness (QED) is 0.722. The number of likely N-dealkylation sites (tertiary alicyclic amines) is 1. The van der Waals surface area contributed by atoms with Gasteiger partial charge in [0.05, 0.1) is 0 Å². The molecule has 7 heteroatoms. The van der Waals surface area contributed by atoms with Crippen LogP contribution < -0.4 is 5.43 Å². The Hall–Kier alpha value is -3.48. The topological polar surface area (TPSA) is 75.4 Å². The molecule has 30 heavy (non-hydrogen) atoms. The van der Waals surface area contributed by atoms with Gasteiger partial charge in [0.25, 0.3) is 5.91 Å². The lowest BCUT2D eigenvalue weighted by molar-refractivity contribution is 0.0703. The van der Waals surface area contributed by atoms with Gasteiger partial charge in [0.2, 0.25) is 5.43 Å². The van der Waals surface area contributed by atoms with Crippen LogP contribution in [0.25, 0.3) is 5.69 Å². The highest BCUT2D eigenvalue weighted by Crippen LogP contribution is 2.29. The van der Waals surface area contributed by atoms with Crippen LogP contribution in [-0.4, -0.2) is 38.8 Å². The maximum absolute atomic E-state index is 14.2. The molecule has 0 bridgehead atoms. The molecule has 1 saturated heterocycles. The van der Waals surface area contributed by atoms with Crippen LogP contribution in [0.3, 0.4) is 0 Å². The van der Waals surface area contributed by atoms with E-state index in [1.807, 2.05) is 12.1 Å². The van der Waals surface area contributed by atoms with Crippen LogP contribution in [0.15, 0.2) is 59.4 Å². The molecule has 0 radical (unpaired) electrons. The number of benzene rings is 2. The lowest BCUT2D eigenvalue weighted by atomic mass is 9.89. The summed E-state index contributed by atoms with van der Waals surface area (Å²) in [6.45, 7) is 2.65. The van der Waals surface area contributed by atoms with E-state index < -0.39 is 17.2 Å². The molecule has 1 amide bonds. The molecule has 1 N–H and O–H groups in total. The number of hydrogen-bond donors (Lipinski definition) is 1. The zero-order chi connectivity index (χ0) is 21.3. The normalized spacial score (nSPS) is 14.7. The first-order valence-electron chi connectivity index (χ1n) is 9.88. The van der Waals surface area contributed by atoms with E-state index >= 15 is 0 Å². The molecule has 1 aliphatic heterocycles. The average molecular weight is 407 g/mol. The summed E-state index contributed by atoms with van der Waals surface area (Å²) in [6, 6.07) is 14.5. The minimum Gasteiger partial charge on any atom is -0.508 e. The van der Waals surface area contributed by atoms with Crippen molar-refractivity contribution in [2.45, 2.75) is 25.7 Å². The van der Waals surface area contributed by atoms with E-state index in [-0.39, 0.29) is 23.0 Å². The molecule has 2 aromatic carbocycles. The molecule has 0 atom stereocenters. The number of piperidine rings is 1. The summed E-state index contributed by atoms with van der Waals surface area (Å²) in [6.07, 6.45) is 1.51. The van der Waals surface area contributed by atoms with E-state index in [2.05, 4.69) is 5.10 Å². The fourth-order valence-corrected chi connectivity index (χ4v) is 3.88. The van der Waals surface area contributed by atoms with Crippen molar-refractivity contribution in [1.82, 2.24) is 14.7 Å². The summed E-state index contributed by atoms with van der Waals surface area (Å²) in [7, 11) is 0. The standard InChI is InChI=1S/C23H22FN3O3/c1-15-14-21(29)22(25-27(15)20-5-3-2-4-19(20)24)23(30)26-12-10-17(11-13-26)16-6-8-18(28)9-7-16/h2-9,14,17,28H,10-13H2,1H3. The summed E-state index contributed by atoms with van der Waals surface area (Å²) in [5.74, 6) is -0.405. The van der Waals surface area contributed by atoms with Gasteiger partial charge in [-0.05, 0) is 55.5 Å². The Labute approximate surface area is 173 Å². The van der Waals surface area contributed by atoms with E-state index in [9.17, 15) is 19.1 Å². The summed E-state index contributed by atoms with van der Waals surface area (Å²) >= 11 is 0. The highest BCUT2D eigenvalue weighted by molar-refractivity contribution is 5.92. The third kappa shape index (κ3) is 3.83. The molecular weight excluding hydrogens is 385 g/mol. The smallest absolute Gasteiger partial charge is 0.278 e. The van der Waals surface area contributed by atoms with Crippen molar-refractivity contribution in [1.29, 1.82) is 0 Å². The fraction of sp³-hybridized carbons (Fsp3) is 0.261. The molecule has 1 fully saturated rings. The minimum atomic E-state index is -0.482. The molecule has 154 valence electrons. The number of aromatic nitrogens is 2. The first-order chi connectivity index (χ1) is 14.4. The molecule has 6 nitrogen and oxygen atoms in total. The number of halogens is 1. The Morgan fingerprint density at radius 3 is 2.43 bits per heavy atom. The second-order valence-electron chi connectivity index (χ2n) is 7.52. The van der Waals surface area contributed by atoms with Gasteiger partial charge in [-0.2, -0.15) is 5.10 Å². The Bertz CT molecular complexity index is 1130. The predicted molar refractivity (Wildman–Crippen MR) is 111 cm³/mol. The Morgan fingerprint density at radius 1 is 1.10 bits per heavy atom. The molecule has 4 rings (SSSR count). The van der Waals surface area contributed by atoms with Gasteiger partial charge in [-0.25, -0.2) is 9.07 Å². The van der Waals surface area contributed by atoms with E-state index in [0.29, 0.717) is 18.8 Å². The van der Waals surface area contributed by atoms with Crippen molar-refractivity contribution in [3.63, 3.8) is 0 Å². The van der Waals surface area contributed by atoms with E-state index in [1.54, 1.807) is 42.2 Å². The average Bonchev–Trinajstić information content (AvgIpc) is 2.75. The summed E-state index contributed by atoms with van der Waals surface area (Å²) < 4.78 is 15.5. The molecule has 0 aliphatic carbocycles. The predicted octanol–water partition coefficient (Wildman–Crippen LogP) is 3.41. The molecule has 0 saturated carbocycles. The number of aryl methyl sites for hydroxylation is 1. The van der Waals surface area contributed by atoms with E-state index in [1.165, 1.54) is 16.8 Å². The van der Waals surface area contributed by atoms with Gasteiger partial charge in [-0.15, -0.1) is 0 Å². The number of phenols is 1. The highest BCUT2D eigenvalue weighted by Gasteiger charge is 2.27. The minimum absolute atomic E-state index is 0.190. The van der Waals surface area contributed by atoms with Crippen molar-refractivity contribution < 1.29 is 14.3 Å². The molecule has 3 aromatic rings. The lowest BCUT2D eigenvalue weighted by Gasteiger charge is -2.32. The van der Waals surface area contributed by atoms with Gasteiger partial charge >= 0.3 is 0 Å². The Balaban J connectivity index is 1.55. The van der Waals surface area contributed by atoms with Gasteiger partial charge in [-0.1, -0.05) is 24.3 Å². The zero-order valence-electron chi connectivity index (χ0n) is 16.6. The second-order valence-corrected chi connectivity index (χ2v) is 7.52. The SMILES string of the molecule is Cc1cc(=O)c(C(=O)N2CCC(c3ccc(O)cc3)CC2)nn1-c1ccccc1F. The number of carbonyl (C=O) groups excluding carboxylic acids is 1. The number of phenolic OH excluding ortho intramolecular Hbond substituents is 1. The first-order valence-corrected chi connectivity index (χ1v) is 9.88. The molecule has 1 aromatic heterocycles. The van der Waals surface area contributed by atoms with E-state index in [4.69, 9.17) is 0 Å². The van der Waals surface area contributed by atoms with Crippen LogP contribution >= 0.6 is 0 Å². The van der Waals surface area contributed by atoms with E-state index in [0.717, 1.165) is 18.4 Å². The van der Waals surface area contributed by atoms with Crippen LogP contribution in [0.2, 0.25) is 0 Å². The zero-order valence-corrected chi connectivity index (χ0v) is 16.6. The molecule has 1 aliphatic rings. The van der Waals surface area contributed by atoms with Gasteiger partial charge < -0.3 is 10.0 Å². The number of nitrogens with zero attached hydrogens (tertiary/aromatic N) is 3. The molecule has 0 spiro atoms. The third-order valence-electron chi connectivity index (χ3n) is 5.54. The summed E-state index contributed by atoms with van der Waals surface area (Å²) in [5.41, 5.74) is 1.09. The summed E-state index contributed by atoms with van der Waals surface area (Å²) in [5, 5.41) is 13.7. The number of amides is 1. The van der Waals surface area contributed by atoms with Gasteiger partial charge in [0.1, 0.15) is 17.3 Å². The largest absolute Gasteiger partial charge is 0.508 e. The number of hydrogen-bond acceptors (Lipinski definition) is 4. The Kier molecular flexibility index (Phi) is 5.35. The number of para-hydroxylation sites is 1. The first kappa shape index (κ1) is 19.8. The van der Waals surface area contributed by atoms with Gasteiger partial charge in [0.15, 0.2) is 5.69 Å². The monoisotopic (exact) mass is 407 g/mol. The Morgan fingerprint density at radius 2 is 1.77 bits per heavy atom. The second kappa shape index (κ2) is 8.10. The van der Waals surface area contributed by atoms with Crippen molar-refractivity contribution >= 4 is 5.91 Å². The van der Waals surface area contributed by atoms with Crippen LogP contribution in [0.1, 0.15) is 40.5 Å². The van der Waals surface area contributed by atoms with Gasteiger partial charge in [0, 0.05) is 24.8 Å². The van der Waals surface area contributed by atoms with Crippen LogP contribution in [-0.2, 0) is 0 Å². The number of aromatic hydroxyl groups is 1. The van der Waals surface area contributed by atoms with Gasteiger partial charge in [-0.3, -0.25) is 9.59 Å². The maximum atomic E-state index is 14.2. The molecule has 2 heterocycles. The van der Waals surface area contributed by atoms with Crippen LogP contribution in [0, 0.1) is 12.7 Å². The number of rotatable bonds is 3. The molecule has 0 unspecified atom stereocenters.